The maximum Gasteiger partial charge on any atom is 0.127 e. The maximum absolute atomic E-state index is 15.5. The van der Waals surface area contributed by atoms with Crippen LogP contribution < -0.4 is 14.4 Å². The Labute approximate surface area is 566 Å². The van der Waals surface area contributed by atoms with Gasteiger partial charge in [-0.15, -0.1) is 0 Å². The van der Waals surface area contributed by atoms with Gasteiger partial charge in [-0.2, -0.15) is 0 Å². The predicted molar refractivity (Wildman–Crippen MR) is 386 cm³/mol. The minimum Gasteiger partial charge on any atom is -0.457 e. The van der Waals surface area contributed by atoms with E-state index in [9.17, 15) is 0 Å². The van der Waals surface area contributed by atoms with Crippen LogP contribution in [0.4, 0.5) is 34.6 Å². The first-order valence-electron chi connectivity index (χ1n) is 32.7. The van der Waals surface area contributed by atoms with Gasteiger partial charge in [0.05, 0.1) is 16.2 Å². The molecule has 2 atom stereocenters. The van der Waals surface area contributed by atoms with E-state index in [0.29, 0.717) is 23.0 Å². The average molecular weight is 1270 g/mol. The van der Waals surface area contributed by atoms with E-state index >= 15 is 17.6 Å². The summed E-state index contributed by atoms with van der Waals surface area (Å²) in [7, 11) is 0. The highest BCUT2D eigenvalue weighted by molar-refractivity contribution is 5.94. The Morgan fingerprint density at radius 2 is 0.469 bits per heavy atom. The average Bonchev–Trinajstić information content (AvgIpc) is 1.53. The molecule has 0 saturated heterocycles. The first kappa shape index (κ1) is 59.4. The minimum absolute atomic E-state index is 0.354. The van der Waals surface area contributed by atoms with Gasteiger partial charge in [-0.1, -0.05) is 213 Å². The fraction of sp³-hybridized carbons (Fsp3) is 0.0330. The molecule has 0 heterocycles. The largest absolute Gasteiger partial charge is 0.457 e. The standard InChI is InChI=1S/C91H59F4NO2/c1-3-58-17-44-73(45-18-58)97-75-48-29-64(30-49-75)90(62-25-37-68(94)38-26-62)84-15-9-6-12-78(84)81-53-42-71(56-87(81)90)96(70-41-52-80-77-11-5-8-14-83(77)89(86(80)55-70,60-21-33-66(92)34-22-60)61-23-35-67(93)36-24-61)72-43-54-82-79-13-7-10-16-85(79)91(88(82)57-72,63-27-39-69(95)40-28-63)65-31-50-76(51-32-65)98-74-46-19-59(4-2)20-47-74/h3-57H,1-2H2. The van der Waals surface area contributed by atoms with Crippen molar-refractivity contribution in [2.24, 2.45) is 0 Å². The molecule has 3 aliphatic rings. The summed E-state index contributed by atoms with van der Waals surface area (Å²) in [5.41, 5.74) is 18.5. The highest BCUT2D eigenvalue weighted by Crippen LogP contribution is 2.62. The third-order valence-corrected chi connectivity index (χ3v) is 20.2. The van der Waals surface area contributed by atoms with Crippen molar-refractivity contribution in [3.8, 4) is 56.4 Å². The van der Waals surface area contributed by atoms with Gasteiger partial charge in [0, 0.05) is 17.1 Å². The Kier molecular flexibility index (Phi) is 14.3. The van der Waals surface area contributed by atoms with Crippen LogP contribution in [-0.2, 0) is 16.2 Å². The lowest BCUT2D eigenvalue weighted by Crippen LogP contribution is -2.29. The molecule has 2 unspecified atom stereocenters. The van der Waals surface area contributed by atoms with E-state index < -0.39 is 16.2 Å². The van der Waals surface area contributed by atoms with Gasteiger partial charge in [0.15, 0.2) is 0 Å². The van der Waals surface area contributed by atoms with Gasteiger partial charge >= 0.3 is 0 Å². The molecule has 0 amide bonds. The van der Waals surface area contributed by atoms with Crippen molar-refractivity contribution >= 4 is 29.2 Å². The number of benzene rings is 14. The Morgan fingerprint density at radius 3 is 0.724 bits per heavy atom. The summed E-state index contributed by atoms with van der Waals surface area (Å²) in [5, 5.41) is 0. The first-order valence-corrected chi connectivity index (χ1v) is 32.7. The van der Waals surface area contributed by atoms with Crippen LogP contribution in [0, 0.1) is 23.3 Å². The molecule has 7 heteroatoms. The van der Waals surface area contributed by atoms with Crippen molar-refractivity contribution in [1.29, 1.82) is 0 Å². The predicted octanol–water partition coefficient (Wildman–Crippen LogP) is 23.7. The summed E-state index contributed by atoms with van der Waals surface area (Å²) in [6.07, 6.45) is 3.60. The lowest BCUT2D eigenvalue weighted by molar-refractivity contribution is 0.482. The zero-order valence-corrected chi connectivity index (χ0v) is 52.9. The van der Waals surface area contributed by atoms with Crippen molar-refractivity contribution in [3.63, 3.8) is 0 Å². The van der Waals surface area contributed by atoms with Gasteiger partial charge in [0.25, 0.3) is 0 Å². The monoisotopic (exact) mass is 1270 g/mol. The van der Waals surface area contributed by atoms with Gasteiger partial charge in [0.2, 0.25) is 0 Å². The minimum atomic E-state index is -1.06. The van der Waals surface area contributed by atoms with Gasteiger partial charge in [-0.05, 0) is 245 Å². The summed E-state index contributed by atoms with van der Waals surface area (Å²) in [4.78, 5) is 2.31. The number of rotatable bonds is 15. The van der Waals surface area contributed by atoms with Crippen LogP contribution in [0.15, 0.2) is 335 Å². The molecule has 0 spiro atoms. The molecular formula is C91H59F4NO2. The van der Waals surface area contributed by atoms with Crippen LogP contribution in [0.1, 0.15) is 77.9 Å². The van der Waals surface area contributed by atoms with Gasteiger partial charge in [-0.3, -0.25) is 0 Å². The summed E-state index contributed by atoms with van der Waals surface area (Å²) < 4.78 is 74.8. The zero-order chi connectivity index (χ0) is 66.3. The molecule has 17 rings (SSSR count). The van der Waals surface area contributed by atoms with Crippen molar-refractivity contribution in [3.05, 3.63) is 436 Å². The highest BCUT2D eigenvalue weighted by atomic mass is 19.1. The van der Waals surface area contributed by atoms with Crippen LogP contribution in [0.5, 0.6) is 23.0 Å². The van der Waals surface area contributed by atoms with Crippen molar-refractivity contribution in [2.45, 2.75) is 16.2 Å². The third kappa shape index (κ3) is 9.32. The van der Waals surface area contributed by atoms with E-state index in [1.807, 2.05) is 133 Å². The first-order chi connectivity index (χ1) is 48.0. The summed E-state index contributed by atoms with van der Waals surface area (Å²) in [6.45, 7) is 7.84. The molecule has 0 N–H and O–H groups in total. The molecule has 14 aromatic rings. The molecule has 0 bridgehead atoms. The molecule has 0 aromatic heterocycles. The van der Waals surface area contributed by atoms with E-state index in [1.54, 1.807) is 12.2 Å². The second-order valence-electron chi connectivity index (χ2n) is 25.2. The smallest absolute Gasteiger partial charge is 0.127 e. The molecule has 0 aliphatic heterocycles. The maximum atomic E-state index is 15.5. The molecule has 0 fully saturated rings. The van der Waals surface area contributed by atoms with Crippen LogP contribution in [0.3, 0.4) is 0 Å². The van der Waals surface area contributed by atoms with Gasteiger partial charge in [-0.25, -0.2) is 17.6 Å². The van der Waals surface area contributed by atoms with Gasteiger partial charge in [0.1, 0.15) is 46.3 Å². The second kappa shape index (κ2) is 23.5. The number of hydrogen-bond acceptors (Lipinski definition) is 3. The summed E-state index contributed by atoms with van der Waals surface area (Å²) >= 11 is 0. The lowest BCUT2D eigenvalue weighted by atomic mass is 9.67. The fourth-order valence-electron chi connectivity index (χ4n) is 16.0. The zero-order valence-electron chi connectivity index (χ0n) is 52.9. The van der Waals surface area contributed by atoms with Crippen molar-refractivity contribution in [2.75, 3.05) is 4.90 Å². The summed E-state index contributed by atoms with van der Waals surface area (Å²) in [5.74, 6) is 1.19. The molecule has 14 aromatic carbocycles. The van der Waals surface area contributed by atoms with E-state index in [-0.39, 0.29) is 23.3 Å². The number of halogens is 4. The van der Waals surface area contributed by atoms with E-state index in [0.717, 1.165) is 128 Å². The Balaban J connectivity index is 0.922. The highest BCUT2D eigenvalue weighted by Gasteiger charge is 2.50. The number of hydrogen-bond donors (Lipinski definition) is 0. The molecule has 468 valence electrons. The normalized spacial score (nSPS) is 15.6. The quantitative estimate of drug-likeness (QED) is 0.0955. The third-order valence-electron chi connectivity index (χ3n) is 20.2. The van der Waals surface area contributed by atoms with Crippen LogP contribution in [0.2, 0.25) is 0 Å². The van der Waals surface area contributed by atoms with E-state index in [1.165, 1.54) is 48.5 Å². The molecule has 0 radical (unpaired) electrons. The molecule has 0 saturated carbocycles. The van der Waals surface area contributed by atoms with Crippen LogP contribution in [-0.4, -0.2) is 0 Å². The Bertz CT molecular complexity index is 5150. The van der Waals surface area contributed by atoms with E-state index in [2.05, 4.69) is 158 Å². The van der Waals surface area contributed by atoms with Crippen LogP contribution >= 0.6 is 0 Å². The number of ether oxygens (including phenoxy) is 2. The topological polar surface area (TPSA) is 21.7 Å². The second-order valence-corrected chi connectivity index (χ2v) is 25.2. The molecular weight excluding hydrogens is 1210 g/mol. The number of nitrogens with zero attached hydrogens (tertiary/aromatic N) is 1. The fourth-order valence-corrected chi connectivity index (χ4v) is 16.0. The molecule has 3 nitrogen and oxygen atoms in total. The van der Waals surface area contributed by atoms with Crippen molar-refractivity contribution in [1.82, 2.24) is 0 Å². The Hall–Kier alpha value is -12.3. The number of fused-ring (bicyclic) bond motifs is 9. The lowest BCUT2D eigenvalue weighted by Gasteiger charge is -2.37. The molecule has 3 aliphatic carbocycles. The summed E-state index contributed by atoms with van der Waals surface area (Å²) in [6, 6.07) is 104. The van der Waals surface area contributed by atoms with E-state index in [4.69, 9.17) is 9.47 Å². The Morgan fingerprint density at radius 1 is 0.245 bits per heavy atom. The van der Waals surface area contributed by atoms with Crippen molar-refractivity contribution < 1.29 is 27.0 Å². The van der Waals surface area contributed by atoms with Gasteiger partial charge < -0.3 is 14.4 Å². The molecule has 98 heavy (non-hydrogen) atoms. The number of anilines is 3. The SMILES string of the molecule is C=Cc1ccc(Oc2ccc(C3(c4ccc(F)cc4)c4ccccc4-c4ccc(N(c5ccc6c(c5)C(c5ccc(F)cc5)(c5ccc(F)cc5)c5ccccc5-6)c5ccc6c(c5)C(c5ccc(F)cc5)(c5ccc(Oc7ccc(C=C)cc7)cc5)c5ccccc5-6)cc43)cc2)cc1. The van der Waals surface area contributed by atoms with Crippen LogP contribution in [0.25, 0.3) is 45.5 Å².